The second-order valence-electron chi connectivity index (χ2n) is 4.34. The number of nitro benzene ring substituents is 1. The van der Waals surface area contributed by atoms with E-state index in [1.807, 2.05) is 0 Å². The standard InChI is InChI=1S/C13H19FN2O2/c1-3-10(4-2)8-15-9-11-7-12(14)5-6-13(11)16(17)18/h5-7,10,15H,3-4,8-9H2,1-2H3. The van der Waals surface area contributed by atoms with Gasteiger partial charge < -0.3 is 5.32 Å². The van der Waals surface area contributed by atoms with Crippen molar-refractivity contribution in [3.8, 4) is 0 Å². The molecule has 5 heteroatoms. The van der Waals surface area contributed by atoms with Gasteiger partial charge in [0, 0.05) is 18.2 Å². The van der Waals surface area contributed by atoms with Gasteiger partial charge in [0.05, 0.1) is 4.92 Å². The Morgan fingerprint density at radius 1 is 1.39 bits per heavy atom. The van der Waals surface area contributed by atoms with Gasteiger partial charge in [0.2, 0.25) is 0 Å². The molecule has 0 amide bonds. The van der Waals surface area contributed by atoms with Crippen molar-refractivity contribution >= 4 is 5.69 Å². The molecule has 0 saturated heterocycles. The fourth-order valence-electron chi connectivity index (χ4n) is 1.86. The van der Waals surface area contributed by atoms with Crippen LogP contribution in [-0.2, 0) is 6.54 Å². The molecule has 18 heavy (non-hydrogen) atoms. The molecule has 0 fully saturated rings. The molecule has 1 N–H and O–H groups in total. The number of rotatable bonds is 7. The molecule has 0 aliphatic carbocycles. The van der Waals surface area contributed by atoms with Crippen LogP contribution >= 0.6 is 0 Å². The summed E-state index contributed by atoms with van der Waals surface area (Å²) in [7, 11) is 0. The Hall–Kier alpha value is -1.49. The van der Waals surface area contributed by atoms with Crippen LogP contribution in [0.5, 0.6) is 0 Å². The molecule has 0 saturated carbocycles. The Bertz CT molecular complexity index is 406. The van der Waals surface area contributed by atoms with E-state index in [2.05, 4.69) is 19.2 Å². The van der Waals surface area contributed by atoms with E-state index in [0.717, 1.165) is 25.5 Å². The minimum atomic E-state index is -0.479. The van der Waals surface area contributed by atoms with Gasteiger partial charge in [-0.1, -0.05) is 26.7 Å². The van der Waals surface area contributed by atoms with Crippen LogP contribution in [0.3, 0.4) is 0 Å². The summed E-state index contributed by atoms with van der Waals surface area (Å²) < 4.78 is 13.1. The average molecular weight is 254 g/mol. The topological polar surface area (TPSA) is 55.2 Å². The number of halogens is 1. The number of benzene rings is 1. The van der Waals surface area contributed by atoms with E-state index < -0.39 is 10.7 Å². The molecule has 4 nitrogen and oxygen atoms in total. The molecule has 0 atom stereocenters. The van der Waals surface area contributed by atoms with Crippen molar-refractivity contribution in [1.82, 2.24) is 5.32 Å². The average Bonchev–Trinajstić information content (AvgIpc) is 2.34. The molecule has 1 rings (SSSR count). The highest BCUT2D eigenvalue weighted by Gasteiger charge is 2.14. The monoisotopic (exact) mass is 254 g/mol. The highest BCUT2D eigenvalue weighted by atomic mass is 19.1. The van der Waals surface area contributed by atoms with Gasteiger partial charge in [0.15, 0.2) is 0 Å². The zero-order valence-electron chi connectivity index (χ0n) is 10.8. The fourth-order valence-corrected chi connectivity index (χ4v) is 1.86. The first-order valence-corrected chi connectivity index (χ1v) is 6.22. The molecular weight excluding hydrogens is 235 g/mol. The second-order valence-corrected chi connectivity index (χ2v) is 4.34. The third-order valence-electron chi connectivity index (χ3n) is 3.14. The molecular formula is C13H19FN2O2. The summed E-state index contributed by atoms with van der Waals surface area (Å²) in [5.74, 6) is 0.109. The summed E-state index contributed by atoms with van der Waals surface area (Å²) in [6, 6.07) is 3.55. The molecule has 1 aromatic carbocycles. The van der Waals surface area contributed by atoms with Gasteiger partial charge in [0.25, 0.3) is 5.69 Å². The Balaban J connectivity index is 2.66. The number of hydrogen-bond donors (Lipinski definition) is 1. The van der Waals surface area contributed by atoms with Crippen LogP contribution < -0.4 is 5.32 Å². The number of hydrogen-bond acceptors (Lipinski definition) is 3. The predicted molar refractivity (Wildman–Crippen MR) is 68.8 cm³/mol. The third-order valence-corrected chi connectivity index (χ3v) is 3.14. The zero-order valence-corrected chi connectivity index (χ0v) is 10.8. The highest BCUT2D eigenvalue weighted by Crippen LogP contribution is 2.19. The van der Waals surface area contributed by atoms with Gasteiger partial charge in [-0.3, -0.25) is 10.1 Å². The molecule has 0 unspecified atom stereocenters. The van der Waals surface area contributed by atoms with Crippen LogP contribution in [0.2, 0.25) is 0 Å². The van der Waals surface area contributed by atoms with E-state index in [-0.39, 0.29) is 5.69 Å². The zero-order chi connectivity index (χ0) is 13.5. The van der Waals surface area contributed by atoms with Crippen molar-refractivity contribution in [3.63, 3.8) is 0 Å². The smallest absolute Gasteiger partial charge is 0.274 e. The summed E-state index contributed by atoms with van der Waals surface area (Å²) in [6.07, 6.45) is 2.13. The van der Waals surface area contributed by atoms with Gasteiger partial charge in [-0.15, -0.1) is 0 Å². The molecule has 0 spiro atoms. The highest BCUT2D eigenvalue weighted by molar-refractivity contribution is 5.40. The summed E-state index contributed by atoms with van der Waals surface area (Å²) in [5, 5.41) is 14.0. The van der Waals surface area contributed by atoms with Crippen molar-refractivity contribution in [3.05, 3.63) is 39.7 Å². The van der Waals surface area contributed by atoms with Crippen LogP contribution in [0.4, 0.5) is 10.1 Å². The summed E-state index contributed by atoms with van der Waals surface area (Å²) in [5.41, 5.74) is 0.361. The first-order valence-electron chi connectivity index (χ1n) is 6.22. The van der Waals surface area contributed by atoms with Crippen LogP contribution in [-0.4, -0.2) is 11.5 Å². The van der Waals surface area contributed by atoms with Crippen molar-refractivity contribution < 1.29 is 9.31 Å². The number of nitrogens with zero attached hydrogens (tertiary/aromatic N) is 1. The van der Waals surface area contributed by atoms with E-state index in [4.69, 9.17) is 0 Å². The lowest BCUT2D eigenvalue weighted by Gasteiger charge is -2.13. The van der Waals surface area contributed by atoms with Crippen LogP contribution in [0.1, 0.15) is 32.3 Å². The molecule has 1 aromatic rings. The number of nitrogens with one attached hydrogen (secondary N) is 1. The molecule has 0 aliphatic rings. The van der Waals surface area contributed by atoms with Gasteiger partial charge in [-0.2, -0.15) is 0 Å². The predicted octanol–water partition coefficient (Wildman–Crippen LogP) is 3.26. The first kappa shape index (κ1) is 14.6. The minimum Gasteiger partial charge on any atom is -0.312 e. The van der Waals surface area contributed by atoms with Gasteiger partial charge >= 0.3 is 0 Å². The maximum Gasteiger partial charge on any atom is 0.274 e. The van der Waals surface area contributed by atoms with E-state index >= 15 is 0 Å². The lowest BCUT2D eigenvalue weighted by atomic mass is 10.0. The fraction of sp³-hybridized carbons (Fsp3) is 0.538. The molecule has 0 aliphatic heterocycles. The largest absolute Gasteiger partial charge is 0.312 e. The Morgan fingerprint density at radius 3 is 2.61 bits per heavy atom. The van der Waals surface area contributed by atoms with E-state index in [1.165, 1.54) is 12.1 Å². The van der Waals surface area contributed by atoms with E-state index in [1.54, 1.807) is 0 Å². The molecule has 0 aromatic heterocycles. The van der Waals surface area contributed by atoms with Crippen molar-refractivity contribution in [2.75, 3.05) is 6.54 Å². The SMILES string of the molecule is CCC(CC)CNCc1cc(F)ccc1[N+](=O)[O-]. The maximum absolute atomic E-state index is 13.1. The normalized spacial score (nSPS) is 10.9. The lowest BCUT2D eigenvalue weighted by Crippen LogP contribution is -2.22. The van der Waals surface area contributed by atoms with Crippen molar-refractivity contribution in [2.45, 2.75) is 33.2 Å². The van der Waals surface area contributed by atoms with Crippen molar-refractivity contribution in [2.24, 2.45) is 5.92 Å². The molecule has 0 heterocycles. The summed E-state index contributed by atoms with van der Waals surface area (Å²) in [6.45, 7) is 5.34. The van der Waals surface area contributed by atoms with Crippen molar-refractivity contribution in [1.29, 1.82) is 0 Å². The van der Waals surface area contributed by atoms with Gasteiger partial charge in [0.1, 0.15) is 5.82 Å². The summed E-state index contributed by atoms with van der Waals surface area (Å²) in [4.78, 5) is 10.3. The number of nitro groups is 1. The van der Waals surface area contributed by atoms with Gasteiger partial charge in [-0.05, 0) is 24.6 Å². The first-order chi connectivity index (χ1) is 8.58. The van der Waals surface area contributed by atoms with Gasteiger partial charge in [-0.25, -0.2) is 4.39 Å². The minimum absolute atomic E-state index is 0.0338. The molecule has 100 valence electrons. The van der Waals surface area contributed by atoms with Crippen LogP contribution in [0, 0.1) is 21.8 Å². The quantitative estimate of drug-likeness (QED) is 0.600. The Morgan fingerprint density at radius 2 is 2.06 bits per heavy atom. The molecule has 0 bridgehead atoms. The maximum atomic E-state index is 13.1. The second kappa shape index (κ2) is 7.06. The lowest BCUT2D eigenvalue weighted by molar-refractivity contribution is -0.385. The van der Waals surface area contributed by atoms with Crippen LogP contribution in [0.15, 0.2) is 18.2 Å². The van der Waals surface area contributed by atoms with E-state index in [9.17, 15) is 14.5 Å². The third kappa shape index (κ3) is 4.07. The Kier molecular flexibility index (Phi) is 5.71. The van der Waals surface area contributed by atoms with Crippen LogP contribution in [0.25, 0.3) is 0 Å². The Labute approximate surface area is 106 Å². The summed E-state index contributed by atoms with van der Waals surface area (Å²) >= 11 is 0. The van der Waals surface area contributed by atoms with E-state index in [0.29, 0.717) is 18.0 Å². The molecule has 0 radical (unpaired) electrons.